The van der Waals surface area contributed by atoms with Crippen LogP contribution in [0.5, 0.6) is 0 Å². The molecule has 0 radical (unpaired) electrons. The second-order valence-electron chi connectivity index (χ2n) is 3.00. The average Bonchev–Trinajstić information content (AvgIpc) is 2.15. The van der Waals surface area contributed by atoms with E-state index in [-0.39, 0.29) is 12.4 Å². The molecule has 1 aromatic carbocycles. The van der Waals surface area contributed by atoms with E-state index in [9.17, 15) is 4.79 Å². The molecule has 0 fully saturated rings. The van der Waals surface area contributed by atoms with E-state index in [2.05, 4.69) is 5.32 Å². The molecular weight excluding hydrogens is 237 g/mol. The highest BCUT2D eigenvalue weighted by Crippen LogP contribution is 2.18. The Morgan fingerprint density at radius 1 is 1.47 bits per heavy atom. The van der Waals surface area contributed by atoms with Crippen LogP contribution in [0.25, 0.3) is 0 Å². The normalized spacial score (nSPS) is 11.6. The number of rotatable bonds is 4. The van der Waals surface area contributed by atoms with E-state index in [1.165, 1.54) is 0 Å². The smallest absolute Gasteiger partial charge is 0.312 e. The Labute approximate surface area is 99.9 Å². The Hall–Kier alpha value is -0.770. The van der Waals surface area contributed by atoms with Crippen molar-refractivity contribution >= 4 is 30.0 Å². The van der Waals surface area contributed by atoms with Gasteiger partial charge in [0.05, 0.1) is 5.92 Å². The summed E-state index contributed by atoms with van der Waals surface area (Å²) in [5.74, 6) is -1.35. The van der Waals surface area contributed by atoms with Crippen LogP contribution in [-0.2, 0) is 4.79 Å². The van der Waals surface area contributed by atoms with Crippen molar-refractivity contribution in [3.05, 3.63) is 34.9 Å². The fourth-order valence-corrected chi connectivity index (χ4v) is 1.37. The van der Waals surface area contributed by atoms with E-state index in [1.807, 2.05) is 0 Å². The van der Waals surface area contributed by atoms with Crippen LogP contribution in [0, 0.1) is 0 Å². The van der Waals surface area contributed by atoms with E-state index in [4.69, 9.17) is 16.7 Å². The van der Waals surface area contributed by atoms with E-state index < -0.39 is 11.9 Å². The molecule has 0 saturated heterocycles. The maximum absolute atomic E-state index is 10.9. The lowest BCUT2D eigenvalue weighted by atomic mass is 9.99. The summed E-state index contributed by atoms with van der Waals surface area (Å²) in [4.78, 5) is 10.9. The zero-order chi connectivity index (χ0) is 10.6. The highest BCUT2D eigenvalue weighted by atomic mass is 35.5. The van der Waals surface area contributed by atoms with Crippen molar-refractivity contribution in [3.8, 4) is 0 Å². The third-order valence-electron chi connectivity index (χ3n) is 1.98. The van der Waals surface area contributed by atoms with Crippen LogP contribution in [0.4, 0.5) is 0 Å². The number of carbonyl (C=O) groups is 1. The molecule has 1 rings (SSSR count). The van der Waals surface area contributed by atoms with E-state index >= 15 is 0 Å². The Bertz CT molecular complexity index is 314. The lowest BCUT2D eigenvalue weighted by Crippen LogP contribution is -2.23. The summed E-state index contributed by atoms with van der Waals surface area (Å²) in [6, 6.07) is 6.86. The van der Waals surface area contributed by atoms with Gasteiger partial charge in [-0.15, -0.1) is 12.4 Å². The lowest BCUT2D eigenvalue weighted by molar-refractivity contribution is -0.138. The molecule has 0 spiro atoms. The first-order chi connectivity index (χ1) is 6.65. The Morgan fingerprint density at radius 2 is 2.00 bits per heavy atom. The van der Waals surface area contributed by atoms with Crippen LogP contribution in [-0.4, -0.2) is 24.7 Å². The largest absolute Gasteiger partial charge is 0.481 e. The van der Waals surface area contributed by atoms with Crippen molar-refractivity contribution in [1.29, 1.82) is 0 Å². The molecule has 1 atom stereocenters. The molecule has 15 heavy (non-hydrogen) atoms. The summed E-state index contributed by atoms with van der Waals surface area (Å²) in [5, 5.41) is 12.4. The summed E-state index contributed by atoms with van der Waals surface area (Å²) in [6.45, 7) is 0.414. The van der Waals surface area contributed by atoms with Crippen molar-refractivity contribution in [2.75, 3.05) is 13.6 Å². The number of benzene rings is 1. The summed E-state index contributed by atoms with van der Waals surface area (Å²) in [5.41, 5.74) is 0.760. The predicted octanol–water partition coefficient (Wildman–Crippen LogP) is 2.15. The van der Waals surface area contributed by atoms with Crippen molar-refractivity contribution in [2.24, 2.45) is 0 Å². The molecule has 0 aliphatic carbocycles. The van der Waals surface area contributed by atoms with Gasteiger partial charge in [0.15, 0.2) is 0 Å². The van der Waals surface area contributed by atoms with E-state index in [0.717, 1.165) is 5.56 Å². The van der Waals surface area contributed by atoms with E-state index in [0.29, 0.717) is 11.6 Å². The molecule has 0 bridgehead atoms. The minimum atomic E-state index is -0.832. The van der Waals surface area contributed by atoms with Crippen LogP contribution < -0.4 is 5.32 Å². The highest BCUT2D eigenvalue weighted by molar-refractivity contribution is 6.30. The third kappa shape index (κ3) is 4.08. The predicted molar refractivity (Wildman–Crippen MR) is 63.0 cm³/mol. The second-order valence-corrected chi connectivity index (χ2v) is 3.44. The molecule has 0 aliphatic rings. The molecule has 2 N–H and O–H groups in total. The van der Waals surface area contributed by atoms with Gasteiger partial charge in [-0.3, -0.25) is 4.79 Å². The monoisotopic (exact) mass is 249 g/mol. The van der Waals surface area contributed by atoms with Gasteiger partial charge in [0.2, 0.25) is 0 Å². The van der Waals surface area contributed by atoms with Gasteiger partial charge in [0, 0.05) is 11.6 Å². The molecule has 1 unspecified atom stereocenters. The SMILES string of the molecule is CNCC(C(=O)O)c1ccc(Cl)cc1.Cl. The first-order valence-electron chi connectivity index (χ1n) is 4.28. The average molecular weight is 250 g/mol. The second kappa shape index (κ2) is 6.67. The molecule has 0 aliphatic heterocycles. The lowest BCUT2D eigenvalue weighted by Gasteiger charge is -2.11. The van der Waals surface area contributed by atoms with Crippen LogP contribution in [0.2, 0.25) is 5.02 Å². The summed E-state index contributed by atoms with van der Waals surface area (Å²) in [7, 11) is 1.73. The fourth-order valence-electron chi connectivity index (χ4n) is 1.25. The molecule has 0 amide bonds. The summed E-state index contributed by atoms with van der Waals surface area (Å²) < 4.78 is 0. The van der Waals surface area contributed by atoms with Gasteiger partial charge in [0.1, 0.15) is 0 Å². The van der Waals surface area contributed by atoms with Crippen LogP contribution >= 0.6 is 24.0 Å². The van der Waals surface area contributed by atoms with Crippen molar-refractivity contribution < 1.29 is 9.90 Å². The topological polar surface area (TPSA) is 49.3 Å². The standard InChI is InChI=1S/C10H12ClNO2.ClH/c1-12-6-9(10(13)14)7-2-4-8(11)5-3-7;/h2-5,9,12H,6H2,1H3,(H,13,14);1H. The fraction of sp³-hybridized carbons (Fsp3) is 0.300. The van der Waals surface area contributed by atoms with Gasteiger partial charge < -0.3 is 10.4 Å². The number of carboxylic acids is 1. The minimum absolute atomic E-state index is 0. The minimum Gasteiger partial charge on any atom is -0.481 e. The maximum atomic E-state index is 10.9. The molecule has 0 heterocycles. The number of nitrogens with one attached hydrogen (secondary N) is 1. The van der Waals surface area contributed by atoms with Gasteiger partial charge in [-0.2, -0.15) is 0 Å². The van der Waals surface area contributed by atoms with Crippen LogP contribution in [0.15, 0.2) is 24.3 Å². The number of halogens is 2. The molecule has 0 saturated carbocycles. The summed E-state index contributed by atoms with van der Waals surface area (Å²) >= 11 is 5.71. The van der Waals surface area contributed by atoms with E-state index in [1.54, 1.807) is 31.3 Å². The van der Waals surface area contributed by atoms with Crippen molar-refractivity contribution in [3.63, 3.8) is 0 Å². The van der Waals surface area contributed by atoms with Gasteiger partial charge in [0.25, 0.3) is 0 Å². The van der Waals surface area contributed by atoms with Crippen LogP contribution in [0.1, 0.15) is 11.5 Å². The molecule has 5 heteroatoms. The number of carboxylic acid groups (broad SMARTS) is 1. The molecule has 3 nitrogen and oxygen atoms in total. The van der Waals surface area contributed by atoms with Gasteiger partial charge in [-0.05, 0) is 24.7 Å². The number of hydrogen-bond acceptors (Lipinski definition) is 2. The molecule has 1 aromatic rings. The van der Waals surface area contributed by atoms with Crippen molar-refractivity contribution in [2.45, 2.75) is 5.92 Å². The number of hydrogen-bond donors (Lipinski definition) is 2. The van der Waals surface area contributed by atoms with Gasteiger partial charge >= 0.3 is 5.97 Å². The molecule has 0 aromatic heterocycles. The molecular formula is C10H13Cl2NO2. The first-order valence-corrected chi connectivity index (χ1v) is 4.66. The third-order valence-corrected chi connectivity index (χ3v) is 2.23. The van der Waals surface area contributed by atoms with Crippen LogP contribution in [0.3, 0.4) is 0 Å². The van der Waals surface area contributed by atoms with Crippen molar-refractivity contribution in [1.82, 2.24) is 5.32 Å². The number of likely N-dealkylation sites (N-methyl/N-ethyl adjacent to an activating group) is 1. The highest BCUT2D eigenvalue weighted by Gasteiger charge is 2.18. The number of aliphatic carboxylic acids is 1. The maximum Gasteiger partial charge on any atom is 0.312 e. The van der Waals surface area contributed by atoms with Gasteiger partial charge in [-0.1, -0.05) is 23.7 Å². The Morgan fingerprint density at radius 3 is 2.40 bits per heavy atom. The molecule has 84 valence electrons. The quantitative estimate of drug-likeness (QED) is 0.860. The van der Waals surface area contributed by atoms with Gasteiger partial charge in [-0.25, -0.2) is 0 Å². The zero-order valence-corrected chi connectivity index (χ0v) is 9.81. The first kappa shape index (κ1) is 14.2. The Kier molecular flexibility index (Phi) is 6.32. The Balaban J connectivity index is 0.00000196. The zero-order valence-electron chi connectivity index (χ0n) is 8.24. The summed E-state index contributed by atoms with van der Waals surface area (Å²) in [6.07, 6.45) is 0.